The van der Waals surface area contributed by atoms with E-state index in [1.54, 1.807) is 0 Å². The van der Waals surface area contributed by atoms with Crippen molar-refractivity contribution in [3.63, 3.8) is 0 Å². The Balaban J connectivity index is 1.11. The maximum absolute atomic E-state index is 5.30. The van der Waals surface area contributed by atoms with Crippen LogP contribution in [0, 0.1) is 0 Å². The largest absolute Gasteiger partial charge is 0.310 e. The summed E-state index contributed by atoms with van der Waals surface area (Å²) in [5.41, 5.74) is 17.8. The lowest BCUT2D eigenvalue weighted by atomic mass is 9.91. The second-order valence-electron chi connectivity index (χ2n) is 14.8. The molecule has 0 fully saturated rings. The Hall–Kier alpha value is -6.61. The fourth-order valence-corrected chi connectivity index (χ4v) is 8.94. The van der Waals surface area contributed by atoms with Gasteiger partial charge in [-0.25, -0.2) is 0 Å². The monoisotopic (exact) mass is 733 g/mol. The summed E-state index contributed by atoms with van der Waals surface area (Å²) in [5, 5.41) is 2.52. The van der Waals surface area contributed by atoms with Crippen LogP contribution in [0.25, 0.3) is 66.4 Å². The average molecular weight is 734 g/mol. The molecular formula is C54H39NS. The van der Waals surface area contributed by atoms with Crippen LogP contribution in [0.5, 0.6) is 0 Å². The number of fused-ring (bicyclic) bond motifs is 4. The predicted octanol–water partition coefficient (Wildman–Crippen LogP) is 15.2. The maximum Gasteiger partial charge on any atom is 0.0611 e. The molecule has 1 atom stereocenters. The third-order valence-corrected chi connectivity index (χ3v) is 11.9. The second kappa shape index (κ2) is 13.9. The van der Waals surface area contributed by atoms with Gasteiger partial charge in [-0.1, -0.05) is 176 Å². The Morgan fingerprint density at radius 3 is 1.57 bits per heavy atom. The van der Waals surface area contributed by atoms with E-state index in [2.05, 4.69) is 224 Å². The minimum Gasteiger partial charge on any atom is -0.310 e. The van der Waals surface area contributed by atoms with Gasteiger partial charge in [0.25, 0.3) is 0 Å². The number of hydrogen-bond donors (Lipinski definition) is 1. The molecule has 9 aromatic rings. The molecule has 1 aliphatic rings. The average Bonchev–Trinajstić information content (AvgIpc) is 3.50. The van der Waals surface area contributed by atoms with Crippen LogP contribution in [0.15, 0.2) is 212 Å². The molecule has 0 saturated heterocycles. The first-order valence-corrected chi connectivity index (χ1v) is 19.7. The first-order chi connectivity index (χ1) is 27.5. The second-order valence-corrected chi connectivity index (χ2v) is 15.7. The maximum atomic E-state index is 5.30. The van der Waals surface area contributed by atoms with E-state index in [1.807, 2.05) is 0 Å². The van der Waals surface area contributed by atoms with Crippen LogP contribution < -0.4 is 4.90 Å². The highest BCUT2D eigenvalue weighted by molar-refractivity contribution is 7.81. The molecule has 1 unspecified atom stereocenters. The summed E-state index contributed by atoms with van der Waals surface area (Å²) < 4.78 is -0.415. The fraction of sp³-hybridized carbons (Fsp3) is 0.0370. The Bertz CT molecular complexity index is 2850. The molecule has 0 spiro atoms. The minimum atomic E-state index is -0.415. The van der Waals surface area contributed by atoms with Gasteiger partial charge < -0.3 is 4.90 Å². The van der Waals surface area contributed by atoms with E-state index in [0.717, 1.165) is 17.1 Å². The van der Waals surface area contributed by atoms with Crippen LogP contribution in [0.3, 0.4) is 0 Å². The summed E-state index contributed by atoms with van der Waals surface area (Å²) in [4.78, 5) is 2.39. The van der Waals surface area contributed by atoms with Gasteiger partial charge in [0.1, 0.15) is 0 Å². The molecule has 0 amide bonds. The van der Waals surface area contributed by atoms with E-state index in [-0.39, 0.29) is 0 Å². The number of thiol groups is 1. The molecule has 10 rings (SSSR count). The normalized spacial score (nSPS) is 14.3. The van der Waals surface area contributed by atoms with Crippen molar-refractivity contribution in [1.29, 1.82) is 0 Å². The standard InChI is InChI=1S/C54H39NS/c1-54(56)52-22-11-10-20-49(52)50-34-32-45(36-53(50)54)55(43-29-27-38(28-30-43)37-13-4-2-5-14-37)44-31-33-48(51(35-44)40-15-6-3-7-16-40)42-25-23-41(24-26-42)47-21-12-18-39-17-8-9-19-46(39)47/h2-36,56H,1H3. The smallest absolute Gasteiger partial charge is 0.0611 e. The third-order valence-electron chi connectivity index (χ3n) is 11.4. The first-order valence-electron chi connectivity index (χ1n) is 19.2. The Morgan fingerprint density at radius 2 is 0.821 bits per heavy atom. The van der Waals surface area contributed by atoms with Crippen LogP contribution in [-0.4, -0.2) is 0 Å². The number of rotatable bonds is 7. The van der Waals surface area contributed by atoms with Crippen molar-refractivity contribution in [2.75, 3.05) is 4.90 Å². The number of nitrogens with zero attached hydrogens (tertiary/aromatic N) is 1. The van der Waals surface area contributed by atoms with Crippen LogP contribution >= 0.6 is 12.6 Å². The van der Waals surface area contributed by atoms with Crippen molar-refractivity contribution in [2.24, 2.45) is 0 Å². The van der Waals surface area contributed by atoms with Crippen LogP contribution in [0.1, 0.15) is 18.1 Å². The predicted molar refractivity (Wildman–Crippen MR) is 241 cm³/mol. The van der Waals surface area contributed by atoms with Gasteiger partial charge in [0.05, 0.1) is 4.75 Å². The van der Waals surface area contributed by atoms with E-state index in [9.17, 15) is 0 Å². The summed E-state index contributed by atoms with van der Waals surface area (Å²) in [6, 6.07) is 77.0. The third kappa shape index (κ3) is 5.91. The molecule has 0 aliphatic heterocycles. The number of anilines is 3. The van der Waals surface area contributed by atoms with Gasteiger partial charge in [0, 0.05) is 17.1 Å². The van der Waals surface area contributed by atoms with Gasteiger partial charge in [-0.05, 0) is 121 Å². The van der Waals surface area contributed by atoms with Gasteiger partial charge in [-0.3, -0.25) is 0 Å². The SMILES string of the molecule is CC1(S)c2ccccc2-c2ccc(N(c3ccc(-c4ccccc4)cc3)c3ccc(-c4ccc(-c5cccc6ccccc56)cc4)c(-c4ccccc4)c3)cc21. The van der Waals surface area contributed by atoms with Gasteiger partial charge >= 0.3 is 0 Å². The Morgan fingerprint density at radius 1 is 0.339 bits per heavy atom. The first kappa shape index (κ1) is 33.9. The van der Waals surface area contributed by atoms with E-state index < -0.39 is 4.75 Å². The highest BCUT2D eigenvalue weighted by Gasteiger charge is 2.36. The topological polar surface area (TPSA) is 3.24 Å². The lowest BCUT2D eigenvalue weighted by molar-refractivity contribution is 0.878. The van der Waals surface area contributed by atoms with E-state index >= 15 is 0 Å². The van der Waals surface area contributed by atoms with Crippen molar-refractivity contribution in [3.8, 4) is 55.6 Å². The fourth-order valence-electron chi connectivity index (χ4n) is 8.56. The molecule has 0 heterocycles. The summed E-state index contributed by atoms with van der Waals surface area (Å²) in [6.45, 7) is 2.22. The van der Waals surface area contributed by atoms with Crippen LogP contribution in [0.2, 0.25) is 0 Å². The zero-order chi connectivity index (χ0) is 37.6. The van der Waals surface area contributed by atoms with E-state index in [1.165, 1.54) is 77.5 Å². The molecule has 0 saturated carbocycles. The molecule has 0 N–H and O–H groups in total. The van der Waals surface area contributed by atoms with Crippen LogP contribution in [-0.2, 0) is 4.75 Å². The van der Waals surface area contributed by atoms with Crippen molar-refractivity contribution >= 4 is 40.5 Å². The Labute approximate surface area is 334 Å². The molecule has 56 heavy (non-hydrogen) atoms. The quantitative estimate of drug-likeness (QED) is 0.160. The molecule has 266 valence electrons. The molecule has 1 aliphatic carbocycles. The highest BCUT2D eigenvalue weighted by Crippen LogP contribution is 2.53. The van der Waals surface area contributed by atoms with Gasteiger partial charge in [0.2, 0.25) is 0 Å². The Kier molecular flexibility index (Phi) is 8.43. The molecule has 9 aromatic carbocycles. The zero-order valence-corrected chi connectivity index (χ0v) is 32.0. The van der Waals surface area contributed by atoms with Gasteiger partial charge in [-0.2, -0.15) is 12.6 Å². The van der Waals surface area contributed by atoms with E-state index in [0.29, 0.717) is 0 Å². The summed E-state index contributed by atoms with van der Waals surface area (Å²) in [7, 11) is 0. The highest BCUT2D eigenvalue weighted by atomic mass is 32.1. The lowest BCUT2D eigenvalue weighted by Crippen LogP contribution is -2.14. The molecular weight excluding hydrogens is 695 g/mol. The summed E-state index contributed by atoms with van der Waals surface area (Å²) in [5.74, 6) is 0. The summed E-state index contributed by atoms with van der Waals surface area (Å²) in [6.07, 6.45) is 0. The lowest BCUT2D eigenvalue weighted by Gasteiger charge is -2.29. The van der Waals surface area contributed by atoms with E-state index in [4.69, 9.17) is 12.6 Å². The van der Waals surface area contributed by atoms with Crippen molar-refractivity contribution in [2.45, 2.75) is 11.7 Å². The van der Waals surface area contributed by atoms with Crippen molar-refractivity contribution in [3.05, 3.63) is 223 Å². The van der Waals surface area contributed by atoms with Gasteiger partial charge in [0.15, 0.2) is 0 Å². The molecule has 0 radical (unpaired) electrons. The van der Waals surface area contributed by atoms with Crippen molar-refractivity contribution in [1.82, 2.24) is 0 Å². The summed E-state index contributed by atoms with van der Waals surface area (Å²) >= 11 is 5.30. The van der Waals surface area contributed by atoms with Crippen molar-refractivity contribution < 1.29 is 0 Å². The number of benzene rings is 9. The molecule has 1 nitrogen and oxygen atoms in total. The molecule has 0 aromatic heterocycles. The zero-order valence-electron chi connectivity index (χ0n) is 31.1. The molecule has 2 heteroatoms. The minimum absolute atomic E-state index is 0.415. The van der Waals surface area contributed by atoms with Gasteiger partial charge in [-0.15, -0.1) is 0 Å². The number of hydrogen-bond acceptors (Lipinski definition) is 2. The van der Waals surface area contributed by atoms with Crippen LogP contribution in [0.4, 0.5) is 17.1 Å². The molecule has 0 bridgehead atoms.